The lowest BCUT2D eigenvalue weighted by Crippen LogP contribution is -2.32. The minimum absolute atomic E-state index is 0.0545. The number of thioether (sulfide) groups is 1. The van der Waals surface area contributed by atoms with Crippen LogP contribution in [0.4, 0.5) is 18.9 Å². The highest BCUT2D eigenvalue weighted by Crippen LogP contribution is 2.34. The molecule has 10 heteroatoms. The number of aromatic nitrogens is 2. The molecular formula is C19H18F3N3O3S. The molecule has 1 N–H and O–H groups in total. The molecule has 0 radical (unpaired) electrons. The van der Waals surface area contributed by atoms with E-state index >= 15 is 0 Å². The second-order valence-corrected chi connectivity index (χ2v) is 7.98. The molecule has 4 rings (SSSR count). The van der Waals surface area contributed by atoms with E-state index in [2.05, 4.69) is 15.0 Å². The van der Waals surface area contributed by atoms with Crippen molar-refractivity contribution in [3.05, 3.63) is 45.9 Å². The molecule has 2 aromatic rings. The van der Waals surface area contributed by atoms with Gasteiger partial charge in [0, 0.05) is 23.4 Å². The van der Waals surface area contributed by atoms with Crippen LogP contribution in [0.5, 0.6) is 5.75 Å². The molecule has 154 valence electrons. The molecule has 1 amide bonds. The van der Waals surface area contributed by atoms with Gasteiger partial charge in [-0.25, -0.2) is 4.98 Å². The number of aryl methyl sites for hydroxylation is 1. The van der Waals surface area contributed by atoms with Gasteiger partial charge in [0.05, 0.1) is 11.7 Å². The van der Waals surface area contributed by atoms with Gasteiger partial charge >= 0.3 is 6.36 Å². The zero-order valence-electron chi connectivity index (χ0n) is 15.3. The molecule has 0 bridgehead atoms. The molecule has 2 aliphatic rings. The number of alkyl halides is 3. The van der Waals surface area contributed by atoms with Crippen molar-refractivity contribution >= 4 is 23.4 Å². The number of hydrogen-bond donors (Lipinski definition) is 1. The van der Waals surface area contributed by atoms with Crippen molar-refractivity contribution < 1.29 is 22.7 Å². The third-order valence-corrected chi connectivity index (χ3v) is 6.01. The highest BCUT2D eigenvalue weighted by Gasteiger charge is 2.32. The number of rotatable bonds is 4. The van der Waals surface area contributed by atoms with Gasteiger partial charge in [0.2, 0.25) is 5.91 Å². The topological polar surface area (TPSA) is 73.2 Å². The zero-order chi connectivity index (χ0) is 20.6. The summed E-state index contributed by atoms with van der Waals surface area (Å²) in [6.45, 7) is 0. The second-order valence-electron chi connectivity index (χ2n) is 6.99. The summed E-state index contributed by atoms with van der Waals surface area (Å²) >= 11 is 1.47. The molecule has 1 unspecified atom stereocenters. The number of nitrogens with zero attached hydrogens (tertiary/aromatic N) is 2. The van der Waals surface area contributed by atoms with E-state index in [1.807, 2.05) is 0 Å². The lowest BCUT2D eigenvalue weighted by Gasteiger charge is -2.18. The highest BCUT2D eigenvalue weighted by atomic mass is 32.2. The van der Waals surface area contributed by atoms with E-state index in [0.717, 1.165) is 49.1 Å². The minimum Gasteiger partial charge on any atom is -0.406 e. The minimum atomic E-state index is -4.77. The van der Waals surface area contributed by atoms with Crippen LogP contribution in [0, 0.1) is 0 Å². The zero-order valence-corrected chi connectivity index (χ0v) is 16.1. The van der Waals surface area contributed by atoms with E-state index in [-0.39, 0.29) is 29.7 Å². The first-order valence-electron chi connectivity index (χ1n) is 9.23. The Morgan fingerprint density at radius 1 is 1.24 bits per heavy atom. The lowest BCUT2D eigenvalue weighted by atomic mass is 9.97. The first kappa shape index (κ1) is 19.8. The van der Waals surface area contributed by atoms with Crippen molar-refractivity contribution in [3.8, 4) is 5.75 Å². The molecule has 0 spiro atoms. The van der Waals surface area contributed by atoms with Gasteiger partial charge in [0.1, 0.15) is 5.75 Å². The maximum atomic E-state index is 12.9. The Labute approximate surface area is 168 Å². The predicted molar refractivity (Wildman–Crippen MR) is 101 cm³/mol. The maximum absolute atomic E-state index is 12.9. The monoisotopic (exact) mass is 425 g/mol. The third kappa shape index (κ3) is 4.42. The van der Waals surface area contributed by atoms with Crippen molar-refractivity contribution in [1.29, 1.82) is 0 Å². The second kappa shape index (κ2) is 7.74. The summed E-state index contributed by atoms with van der Waals surface area (Å²) in [4.78, 5) is 29.9. The number of carbonyl (C=O) groups is 1. The SMILES string of the molecule is O=C(CC1CSc2nc3c(c(=O)n21)CCCC3)Nc1ccc(OC(F)(F)F)cc1. The molecule has 2 heterocycles. The maximum Gasteiger partial charge on any atom is 0.573 e. The van der Waals surface area contributed by atoms with Crippen LogP contribution >= 0.6 is 11.8 Å². The smallest absolute Gasteiger partial charge is 0.406 e. The number of ether oxygens (including phenoxy) is 1. The van der Waals surface area contributed by atoms with Crippen molar-refractivity contribution in [3.63, 3.8) is 0 Å². The van der Waals surface area contributed by atoms with E-state index in [9.17, 15) is 22.8 Å². The fourth-order valence-corrected chi connectivity index (χ4v) is 4.78. The van der Waals surface area contributed by atoms with E-state index in [4.69, 9.17) is 0 Å². The summed E-state index contributed by atoms with van der Waals surface area (Å²) in [6.07, 6.45) is -1.14. The number of benzene rings is 1. The van der Waals surface area contributed by atoms with Crippen molar-refractivity contribution in [2.75, 3.05) is 11.1 Å². The summed E-state index contributed by atoms with van der Waals surface area (Å²) in [7, 11) is 0. The summed E-state index contributed by atoms with van der Waals surface area (Å²) in [6, 6.07) is 4.63. The van der Waals surface area contributed by atoms with E-state index in [1.54, 1.807) is 4.57 Å². The van der Waals surface area contributed by atoms with Crippen LogP contribution in [0.25, 0.3) is 0 Å². The predicted octanol–water partition coefficient (Wildman–Crippen LogP) is 3.70. The Balaban J connectivity index is 1.44. The van der Waals surface area contributed by atoms with Crippen molar-refractivity contribution in [2.24, 2.45) is 0 Å². The Hall–Kier alpha value is -2.49. The summed E-state index contributed by atoms with van der Waals surface area (Å²) in [5.41, 5.74) is 1.94. The normalized spacial score (nSPS) is 18.1. The van der Waals surface area contributed by atoms with Crippen LogP contribution in [0.2, 0.25) is 0 Å². The van der Waals surface area contributed by atoms with Crippen LogP contribution in [0.15, 0.2) is 34.2 Å². The average Bonchev–Trinajstić information content (AvgIpc) is 3.05. The number of hydrogen-bond acceptors (Lipinski definition) is 5. The molecule has 0 fully saturated rings. The average molecular weight is 425 g/mol. The van der Waals surface area contributed by atoms with Gasteiger partial charge in [-0.2, -0.15) is 0 Å². The largest absolute Gasteiger partial charge is 0.573 e. The number of amides is 1. The van der Waals surface area contributed by atoms with Gasteiger partial charge in [0.25, 0.3) is 5.56 Å². The summed E-state index contributed by atoms with van der Waals surface area (Å²) < 4.78 is 42.1. The van der Waals surface area contributed by atoms with E-state index in [1.165, 1.54) is 23.9 Å². The van der Waals surface area contributed by atoms with Crippen LogP contribution < -0.4 is 15.6 Å². The van der Waals surface area contributed by atoms with Crippen molar-refractivity contribution in [1.82, 2.24) is 9.55 Å². The molecule has 0 saturated heterocycles. The van der Waals surface area contributed by atoms with Crippen molar-refractivity contribution in [2.45, 2.75) is 49.7 Å². The molecule has 1 aromatic heterocycles. The quantitative estimate of drug-likeness (QED) is 0.757. The van der Waals surface area contributed by atoms with Crippen LogP contribution in [0.1, 0.15) is 36.6 Å². The Morgan fingerprint density at radius 3 is 2.69 bits per heavy atom. The fraction of sp³-hybridized carbons (Fsp3) is 0.421. The van der Waals surface area contributed by atoms with Crippen LogP contribution in [-0.2, 0) is 17.6 Å². The van der Waals surface area contributed by atoms with Gasteiger partial charge in [-0.05, 0) is 49.9 Å². The number of halogens is 3. The lowest BCUT2D eigenvalue weighted by molar-refractivity contribution is -0.274. The molecule has 1 aliphatic heterocycles. The van der Waals surface area contributed by atoms with Crippen LogP contribution in [0.3, 0.4) is 0 Å². The molecular weight excluding hydrogens is 407 g/mol. The first-order valence-corrected chi connectivity index (χ1v) is 10.2. The van der Waals surface area contributed by atoms with Gasteiger partial charge in [-0.3, -0.25) is 14.2 Å². The fourth-order valence-electron chi connectivity index (χ4n) is 3.63. The standard InChI is InChI=1S/C19H18F3N3O3S/c20-19(21,22)28-13-7-5-11(6-8-13)23-16(26)9-12-10-29-18-24-15-4-2-1-3-14(15)17(27)25(12)18/h5-8,12H,1-4,9-10H2,(H,23,26). The van der Waals surface area contributed by atoms with E-state index < -0.39 is 6.36 Å². The highest BCUT2D eigenvalue weighted by molar-refractivity contribution is 7.99. The number of carbonyl (C=O) groups excluding carboxylic acids is 1. The number of fused-ring (bicyclic) bond motifs is 2. The molecule has 1 atom stereocenters. The molecule has 0 saturated carbocycles. The van der Waals surface area contributed by atoms with Gasteiger partial charge in [0.15, 0.2) is 5.16 Å². The van der Waals surface area contributed by atoms with Gasteiger partial charge in [-0.15, -0.1) is 13.2 Å². The van der Waals surface area contributed by atoms with Gasteiger partial charge in [-0.1, -0.05) is 11.8 Å². The summed E-state index contributed by atoms with van der Waals surface area (Å²) in [5.74, 6) is -0.103. The Kier molecular flexibility index (Phi) is 5.28. The Morgan fingerprint density at radius 2 is 1.97 bits per heavy atom. The summed E-state index contributed by atoms with van der Waals surface area (Å²) in [5, 5.41) is 3.31. The molecule has 1 aromatic carbocycles. The Bertz CT molecular complexity index is 989. The number of anilines is 1. The molecule has 29 heavy (non-hydrogen) atoms. The molecule has 6 nitrogen and oxygen atoms in total. The number of nitrogens with one attached hydrogen (secondary N) is 1. The van der Waals surface area contributed by atoms with Gasteiger partial charge < -0.3 is 10.1 Å². The van der Waals surface area contributed by atoms with E-state index in [0.29, 0.717) is 16.6 Å². The first-order chi connectivity index (χ1) is 13.8. The molecule has 1 aliphatic carbocycles. The van der Waals surface area contributed by atoms with Crippen LogP contribution in [-0.4, -0.2) is 27.6 Å². The third-order valence-electron chi connectivity index (χ3n) is 4.91.